The van der Waals surface area contributed by atoms with Crippen molar-refractivity contribution in [3.05, 3.63) is 55.7 Å². The molecule has 22 heavy (non-hydrogen) atoms. The summed E-state index contributed by atoms with van der Waals surface area (Å²) in [5, 5.41) is 27.3. The van der Waals surface area contributed by atoms with Gasteiger partial charge in [-0.2, -0.15) is 4.68 Å². The third-order valence-electron chi connectivity index (χ3n) is 2.55. The Hall–Kier alpha value is -3.01. The largest absolute Gasteiger partial charge is 0.389 e. The number of rotatable bonds is 5. The van der Waals surface area contributed by atoms with Crippen LogP contribution in [0.3, 0.4) is 0 Å². The van der Waals surface area contributed by atoms with Crippen LogP contribution in [0, 0.1) is 20.2 Å². The Morgan fingerprint density at radius 3 is 2.59 bits per heavy atom. The van der Waals surface area contributed by atoms with Gasteiger partial charge in [0.1, 0.15) is 6.54 Å². The van der Waals surface area contributed by atoms with Crippen LogP contribution in [0.5, 0.6) is 0 Å². The fourth-order valence-corrected chi connectivity index (χ4v) is 1.76. The zero-order chi connectivity index (χ0) is 16.3. The molecule has 0 bridgehead atoms. The van der Waals surface area contributed by atoms with Gasteiger partial charge >= 0.3 is 5.82 Å². The Morgan fingerprint density at radius 2 is 2.00 bits per heavy atom. The molecule has 2 aromatic rings. The highest BCUT2D eigenvalue weighted by molar-refractivity contribution is 6.33. The number of nitrogens with one attached hydrogen (secondary N) is 1. The summed E-state index contributed by atoms with van der Waals surface area (Å²) in [6.07, 6.45) is 1.27. The molecule has 0 aliphatic heterocycles. The number of hydrogen-bond acceptors (Lipinski definition) is 6. The van der Waals surface area contributed by atoms with E-state index >= 15 is 0 Å². The summed E-state index contributed by atoms with van der Waals surface area (Å²) in [6.45, 7) is -0.299. The second-order valence-corrected chi connectivity index (χ2v) is 4.51. The monoisotopic (exact) mass is 325 g/mol. The molecule has 10 nitrogen and oxygen atoms in total. The van der Waals surface area contributed by atoms with Crippen molar-refractivity contribution in [2.24, 2.45) is 0 Å². The average Bonchev–Trinajstić information content (AvgIpc) is 2.89. The number of aromatic nitrogens is 2. The zero-order valence-electron chi connectivity index (χ0n) is 10.8. The first-order valence-electron chi connectivity index (χ1n) is 5.78. The van der Waals surface area contributed by atoms with E-state index in [2.05, 4.69) is 10.4 Å². The molecule has 2 rings (SSSR count). The number of non-ortho nitro benzene ring substituents is 1. The topological polar surface area (TPSA) is 133 Å². The molecule has 0 aliphatic carbocycles. The van der Waals surface area contributed by atoms with E-state index in [0.717, 1.165) is 16.8 Å². The molecule has 1 heterocycles. The molecule has 0 saturated carbocycles. The van der Waals surface area contributed by atoms with E-state index in [1.54, 1.807) is 0 Å². The van der Waals surface area contributed by atoms with Crippen LogP contribution in [0.2, 0.25) is 5.02 Å². The first kappa shape index (κ1) is 15.4. The number of hydrogen-bond donors (Lipinski definition) is 1. The van der Waals surface area contributed by atoms with Gasteiger partial charge in [-0.15, -0.1) is 0 Å². The summed E-state index contributed by atoms with van der Waals surface area (Å²) in [5.41, 5.74) is -0.156. The fourth-order valence-electron chi connectivity index (χ4n) is 1.60. The van der Waals surface area contributed by atoms with Gasteiger partial charge in [-0.25, -0.2) is 0 Å². The lowest BCUT2D eigenvalue weighted by atomic mass is 10.3. The molecule has 11 heteroatoms. The van der Waals surface area contributed by atoms with Crippen LogP contribution in [-0.2, 0) is 11.3 Å². The van der Waals surface area contributed by atoms with E-state index < -0.39 is 15.8 Å². The van der Waals surface area contributed by atoms with Crippen LogP contribution >= 0.6 is 11.6 Å². The van der Waals surface area contributed by atoms with Gasteiger partial charge in [0, 0.05) is 12.1 Å². The van der Waals surface area contributed by atoms with Gasteiger partial charge < -0.3 is 15.4 Å². The van der Waals surface area contributed by atoms with E-state index in [1.165, 1.54) is 18.3 Å². The summed E-state index contributed by atoms with van der Waals surface area (Å²) < 4.78 is 1.07. The molecule has 1 aromatic heterocycles. The van der Waals surface area contributed by atoms with E-state index in [9.17, 15) is 25.0 Å². The predicted octanol–water partition coefficient (Wildman–Crippen LogP) is 1.99. The maximum atomic E-state index is 11.8. The number of nitrogens with zero attached hydrogens (tertiary/aromatic N) is 4. The number of carbonyl (C=O) groups is 1. The van der Waals surface area contributed by atoms with Gasteiger partial charge in [-0.3, -0.25) is 14.9 Å². The Morgan fingerprint density at radius 1 is 1.27 bits per heavy atom. The predicted molar refractivity (Wildman–Crippen MR) is 75.6 cm³/mol. The van der Waals surface area contributed by atoms with Gasteiger partial charge in [0.15, 0.2) is 0 Å². The highest BCUT2D eigenvalue weighted by Crippen LogP contribution is 2.26. The number of nitro groups is 2. The van der Waals surface area contributed by atoms with E-state index in [0.29, 0.717) is 0 Å². The summed E-state index contributed by atoms with van der Waals surface area (Å²) in [7, 11) is 0. The zero-order valence-corrected chi connectivity index (χ0v) is 11.6. The van der Waals surface area contributed by atoms with Crippen LogP contribution in [0.1, 0.15) is 0 Å². The summed E-state index contributed by atoms with van der Waals surface area (Å²) in [5.74, 6) is -0.971. The van der Waals surface area contributed by atoms with Crippen molar-refractivity contribution in [2.45, 2.75) is 6.54 Å². The minimum atomic E-state index is -0.689. The molecule has 0 radical (unpaired) electrons. The molecule has 1 amide bonds. The Balaban J connectivity index is 2.09. The van der Waals surface area contributed by atoms with Crippen LogP contribution in [0.15, 0.2) is 30.5 Å². The van der Waals surface area contributed by atoms with E-state index in [4.69, 9.17) is 11.6 Å². The number of halogens is 1. The van der Waals surface area contributed by atoms with E-state index in [-0.39, 0.29) is 28.8 Å². The Bertz CT molecular complexity index is 759. The van der Waals surface area contributed by atoms with Gasteiger partial charge in [0.25, 0.3) is 5.69 Å². The van der Waals surface area contributed by atoms with Crippen LogP contribution in [0.4, 0.5) is 17.2 Å². The van der Waals surface area contributed by atoms with Gasteiger partial charge in [-0.05, 0) is 11.0 Å². The molecule has 1 aromatic carbocycles. The number of amides is 1. The molecule has 1 N–H and O–H groups in total. The molecule has 0 unspecified atom stereocenters. The second-order valence-electron chi connectivity index (χ2n) is 4.10. The first-order chi connectivity index (χ1) is 10.4. The van der Waals surface area contributed by atoms with Crippen LogP contribution in [-0.4, -0.2) is 25.5 Å². The number of nitro benzene ring substituents is 1. The molecular weight excluding hydrogens is 318 g/mol. The number of carbonyl (C=O) groups excluding carboxylic acids is 1. The summed E-state index contributed by atoms with van der Waals surface area (Å²) >= 11 is 5.84. The summed E-state index contributed by atoms with van der Waals surface area (Å²) in [4.78, 5) is 31.7. The molecule has 0 spiro atoms. The minimum absolute atomic E-state index is 0.0718. The van der Waals surface area contributed by atoms with E-state index in [1.807, 2.05) is 0 Å². The lowest BCUT2D eigenvalue weighted by Gasteiger charge is -2.06. The third-order valence-corrected chi connectivity index (χ3v) is 2.88. The summed E-state index contributed by atoms with van der Waals surface area (Å²) in [6, 6.07) is 4.75. The van der Waals surface area contributed by atoms with Gasteiger partial charge in [0.2, 0.25) is 5.91 Å². The minimum Gasteiger partial charge on any atom is -0.358 e. The molecule has 0 aliphatic rings. The maximum Gasteiger partial charge on any atom is 0.389 e. The molecule has 0 saturated heterocycles. The van der Waals surface area contributed by atoms with Crippen molar-refractivity contribution in [3.8, 4) is 0 Å². The quantitative estimate of drug-likeness (QED) is 0.660. The average molecular weight is 326 g/mol. The Kier molecular flexibility index (Phi) is 4.32. The highest BCUT2D eigenvalue weighted by atomic mass is 35.5. The van der Waals surface area contributed by atoms with Crippen molar-refractivity contribution < 1.29 is 14.6 Å². The molecular formula is C11H8ClN5O5. The van der Waals surface area contributed by atoms with Crippen molar-refractivity contribution in [3.63, 3.8) is 0 Å². The van der Waals surface area contributed by atoms with Crippen molar-refractivity contribution in [1.82, 2.24) is 9.78 Å². The lowest BCUT2D eigenvalue weighted by molar-refractivity contribution is -0.389. The lowest BCUT2D eigenvalue weighted by Crippen LogP contribution is -2.19. The van der Waals surface area contributed by atoms with Crippen LogP contribution in [0.25, 0.3) is 0 Å². The van der Waals surface area contributed by atoms with Crippen LogP contribution < -0.4 is 5.32 Å². The third kappa shape index (κ3) is 3.55. The number of benzene rings is 1. The standard InChI is InChI=1S/C11H8ClN5O5/c12-8-2-1-7(16(19)20)5-9(8)13-11(18)6-15-4-3-10(14-15)17(21)22/h1-5H,6H2,(H,13,18). The molecule has 0 atom stereocenters. The smallest absolute Gasteiger partial charge is 0.358 e. The SMILES string of the molecule is O=C(Cn1ccc([N+](=O)[O-])n1)Nc1cc([N+](=O)[O-])ccc1Cl. The number of anilines is 1. The fraction of sp³-hybridized carbons (Fsp3) is 0.0909. The second kappa shape index (κ2) is 6.18. The van der Waals surface area contributed by atoms with Crippen molar-refractivity contribution in [1.29, 1.82) is 0 Å². The first-order valence-corrected chi connectivity index (χ1v) is 6.16. The maximum absolute atomic E-state index is 11.8. The normalized spacial score (nSPS) is 10.2. The van der Waals surface area contributed by atoms with Gasteiger partial charge in [-0.1, -0.05) is 11.6 Å². The van der Waals surface area contributed by atoms with Crippen molar-refractivity contribution in [2.75, 3.05) is 5.32 Å². The molecule has 114 valence electrons. The van der Waals surface area contributed by atoms with Gasteiger partial charge in [0.05, 0.1) is 33.0 Å². The van der Waals surface area contributed by atoms with Crippen molar-refractivity contribution >= 4 is 34.7 Å². The highest BCUT2D eigenvalue weighted by Gasteiger charge is 2.15. The molecule has 0 fully saturated rings. The Labute approximate surface area is 127 Å².